The van der Waals surface area contributed by atoms with Crippen LogP contribution in [0.3, 0.4) is 0 Å². The molecule has 0 spiro atoms. The number of pyridine rings is 1. The van der Waals surface area contributed by atoms with Gasteiger partial charge < -0.3 is 20.5 Å². The van der Waals surface area contributed by atoms with Gasteiger partial charge in [-0.1, -0.05) is 0 Å². The molecule has 1 fully saturated rings. The predicted molar refractivity (Wildman–Crippen MR) is 98.5 cm³/mol. The van der Waals surface area contributed by atoms with Crippen LogP contribution in [0.1, 0.15) is 17.3 Å². The molecular formula is C20H19N3O4. The predicted octanol–water partition coefficient (Wildman–Crippen LogP) is 1.57. The zero-order valence-electron chi connectivity index (χ0n) is 15.0. The Morgan fingerprint density at radius 3 is 2.96 bits per heavy atom. The molecule has 1 aromatic carbocycles. The van der Waals surface area contributed by atoms with Crippen molar-refractivity contribution in [3.05, 3.63) is 47.3 Å². The molecule has 1 aliphatic heterocycles. The lowest BCUT2D eigenvalue weighted by molar-refractivity contribution is -0.121. The molecule has 27 heavy (non-hydrogen) atoms. The van der Waals surface area contributed by atoms with Crippen molar-refractivity contribution >= 4 is 22.6 Å². The van der Waals surface area contributed by atoms with Crippen LogP contribution in [0.15, 0.2) is 41.8 Å². The van der Waals surface area contributed by atoms with E-state index in [1.54, 1.807) is 24.4 Å². The van der Waals surface area contributed by atoms with E-state index in [-0.39, 0.29) is 30.4 Å². The van der Waals surface area contributed by atoms with Gasteiger partial charge in [0.05, 0.1) is 24.6 Å². The molecule has 3 N–H and O–H groups in total. The fourth-order valence-corrected chi connectivity index (χ4v) is 3.76. The number of carbonyl (C=O) groups is 2. The van der Waals surface area contributed by atoms with Gasteiger partial charge in [0, 0.05) is 17.5 Å². The summed E-state index contributed by atoms with van der Waals surface area (Å²) in [6, 6.07) is 4.98. The number of nitrogens with two attached hydrogens (primary N) is 1. The second kappa shape index (κ2) is 6.45. The molecule has 1 aromatic heterocycles. The molecule has 1 saturated heterocycles. The van der Waals surface area contributed by atoms with Gasteiger partial charge >= 0.3 is 0 Å². The van der Waals surface area contributed by atoms with Crippen molar-refractivity contribution in [1.29, 1.82) is 0 Å². The number of hydrogen-bond donors (Lipinski definition) is 2. The summed E-state index contributed by atoms with van der Waals surface area (Å²) in [7, 11) is 1.47. The van der Waals surface area contributed by atoms with Gasteiger partial charge in [-0.15, -0.1) is 5.73 Å². The summed E-state index contributed by atoms with van der Waals surface area (Å²) in [6.45, 7) is 2.20. The average molecular weight is 365 g/mol. The van der Waals surface area contributed by atoms with E-state index in [1.807, 2.05) is 13.0 Å². The lowest BCUT2D eigenvalue weighted by Crippen LogP contribution is -2.34. The van der Waals surface area contributed by atoms with E-state index in [0.717, 1.165) is 11.0 Å². The van der Waals surface area contributed by atoms with Gasteiger partial charge in [-0.2, -0.15) is 0 Å². The molecule has 0 bridgehead atoms. The first kappa shape index (κ1) is 17.1. The van der Waals surface area contributed by atoms with Crippen LogP contribution in [0.2, 0.25) is 0 Å². The Bertz CT molecular complexity index is 1020. The molecule has 7 nitrogen and oxygen atoms in total. The minimum atomic E-state index is -0.566. The van der Waals surface area contributed by atoms with Crippen LogP contribution in [0.25, 0.3) is 10.8 Å². The number of primary amides is 1. The van der Waals surface area contributed by atoms with E-state index < -0.39 is 5.91 Å². The number of aromatic nitrogens is 1. The van der Waals surface area contributed by atoms with Gasteiger partial charge in [0.15, 0.2) is 0 Å². The second-order valence-corrected chi connectivity index (χ2v) is 6.73. The highest BCUT2D eigenvalue weighted by molar-refractivity contribution is 6.01. The summed E-state index contributed by atoms with van der Waals surface area (Å²) in [6.07, 6.45) is 3.54. The summed E-state index contributed by atoms with van der Waals surface area (Å²) >= 11 is 0. The summed E-state index contributed by atoms with van der Waals surface area (Å²) in [4.78, 5) is 28.1. The fourth-order valence-electron chi connectivity index (χ4n) is 3.76. The molecule has 3 atom stereocenters. The van der Waals surface area contributed by atoms with Crippen molar-refractivity contribution in [2.45, 2.75) is 13.0 Å². The number of benzene rings is 1. The van der Waals surface area contributed by atoms with Gasteiger partial charge in [0.2, 0.25) is 11.8 Å². The quantitative estimate of drug-likeness (QED) is 0.783. The summed E-state index contributed by atoms with van der Waals surface area (Å²) in [5, 5.41) is 4.45. The van der Waals surface area contributed by atoms with Crippen molar-refractivity contribution in [2.75, 3.05) is 13.7 Å². The van der Waals surface area contributed by atoms with Crippen LogP contribution in [0.5, 0.6) is 11.6 Å². The third-order valence-corrected chi connectivity index (χ3v) is 5.14. The van der Waals surface area contributed by atoms with Crippen molar-refractivity contribution in [3.63, 3.8) is 0 Å². The van der Waals surface area contributed by atoms with Crippen molar-refractivity contribution in [1.82, 2.24) is 10.3 Å². The van der Waals surface area contributed by atoms with Crippen molar-refractivity contribution in [2.24, 2.45) is 17.6 Å². The Balaban J connectivity index is 1.60. The highest BCUT2D eigenvalue weighted by Crippen LogP contribution is 2.35. The molecule has 138 valence electrons. The molecule has 2 amide bonds. The Labute approximate surface area is 155 Å². The van der Waals surface area contributed by atoms with Crippen LogP contribution in [0, 0.1) is 11.8 Å². The van der Waals surface area contributed by atoms with Crippen LogP contribution < -0.4 is 20.5 Å². The van der Waals surface area contributed by atoms with Crippen molar-refractivity contribution in [3.8, 4) is 11.6 Å². The Morgan fingerprint density at radius 1 is 1.41 bits per heavy atom. The maximum absolute atomic E-state index is 12.2. The molecule has 0 unspecified atom stereocenters. The summed E-state index contributed by atoms with van der Waals surface area (Å²) in [5.74, 6) is 0.0993. The topological polar surface area (TPSA) is 104 Å². The minimum absolute atomic E-state index is 0.00555. The monoisotopic (exact) mass is 365 g/mol. The van der Waals surface area contributed by atoms with Crippen LogP contribution >= 0.6 is 0 Å². The maximum Gasteiger partial charge on any atom is 0.252 e. The van der Waals surface area contributed by atoms with E-state index in [4.69, 9.17) is 15.2 Å². The SMILES string of the molecule is COc1cc2c(OC[C@H]3NC(=O)[C@@H]4C(C)=C=C[C@@H]43)nccc2cc1C(N)=O. The Hall–Kier alpha value is -3.31. The summed E-state index contributed by atoms with van der Waals surface area (Å²) < 4.78 is 11.2. The standard InChI is InChI=1S/C20H19N3O4/c1-10-3-4-12-15(23-19(25)17(10)12)9-27-20-13-8-16(26-2)14(18(21)24)7-11(13)5-6-22-20/h4-8,12,15,17H,9H2,1-2H3,(H2,21,24)(H,23,25)/t12-,15-,17-/m1/s1. The molecule has 1 aliphatic carbocycles. The molecule has 2 heterocycles. The molecule has 4 rings (SSSR count). The Kier molecular flexibility index (Phi) is 4.09. The normalized spacial score (nSPS) is 23.1. The van der Waals surface area contributed by atoms with Gasteiger partial charge in [-0.05, 0) is 42.2 Å². The van der Waals surface area contributed by atoms with Crippen LogP contribution in [0.4, 0.5) is 0 Å². The number of amides is 2. The molecule has 7 heteroatoms. The van der Waals surface area contributed by atoms with E-state index in [9.17, 15) is 9.59 Å². The number of rotatable bonds is 5. The first-order valence-corrected chi connectivity index (χ1v) is 8.62. The van der Waals surface area contributed by atoms with E-state index in [1.165, 1.54) is 7.11 Å². The number of nitrogens with zero attached hydrogens (tertiary/aromatic N) is 1. The molecule has 2 aromatic rings. The number of methoxy groups -OCH3 is 1. The van der Waals surface area contributed by atoms with Gasteiger partial charge in [-0.25, -0.2) is 4.98 Å². The zero-order chi connectivity index (χ0) is 19.1. The third kappa shape index (κ3) is 2.82. The van der Waals surface area contributed by atoms with Crippen LogP contribution in [-0.2, 0) is 4.79 Å². The molecule has 0 radical (unpaired) electrons. The van der Waals surface area contributed by atoms with E-state index in [2.05, 4.69) is 16.0 Å². The van der Waals surface area contributed by atoms with Gasteiger partial charge in [0.1, 0.15) is 12.4 Å². The highest BCUT2D eigenvalue weighted by Gasteiger charge is 2.44. The smallest absolute Gasteiger partial charge is 0.252 e. The number of hydrogen-bond acceptors (Lipinski definition) is 5. The minimum Gasteiger partial charge on any atom is -0.496 e. The highest BCUT2D eigenvalue weighted by atomic mass is 16.5. The number of fused-ring (bicyclic) bond motifs is 2. The number of nitrogens with one attached hydrogen (secondary N) is 1. The fraction of sp³-hybridized carbons (Fsp3) is 0.300. The molecule has 0 saturated carbocycles. The first-order valence-electron chi connectivity index (χ1n) is 8.62. The first-order chi connectivity index (χ1) is 13.0. The lowest BCUT2D eigenvalue weighted by Gasteiger charge is -2.17. The largest absolute Gasteiger partial charge is 0.496 e. The van der Waals surface area contributed by atoms with Crippen LogP contribution in [-0.4, -0.2) is 36.6 Å². The second-order valence-electron chi connectivity index (χ2n) is 6.73. The van der Waals surface area contributed by atoms with Gasteiger partial charge in [-0.3, -0.25) is 9.59 Å². The van der Waals surface area contributed by atoms with E-state index in [0.29, 0.717) is 22.6 Å². The van der Waals surface area contributed by atoms with Gasteiger partial charge in [0.25, 0.3) is 5.91 Å². The molecule has 2 aliphatic rings. The lowest BCUT2D eigenvalue weighted by atomic mass is 9.90. The molecular weight excluding hydrogens is 346 g/mol. The zero-order valence-corrected chi connectivity index (χ0v) is 15.0. The maximum atomic E-state index is 12.2. The van der Waals surface area contributed by atoms with Crippen molar-refractivity contribution < 1.29 is 19.1 Å². The summed E-state index contributed by atoms with van der Waals surface area (Å²) in [5.41, 5.74) is 9.81. The number of carbonyl (C=O) groups excluding carboxylic acids is 2. The number of ether oxygens (including phenoxy) is 2. The average Bonchev–Trinajstić information content (AvgIpc) is 3.19. The van der Waals surface area contributed by atoms with E-state index >= 15 is 0 Å². The Morgan fingerprint density at radius 2 is 2.22 bits per heavy atom. The third-order valence-electron chi connectivity index (χ3n) is 5.14.